The van der Waals surface area contributed by atoms with Crippen molar-refractivity contribution < 1.29 is 4.79 Å². The first-order chi connectivity index (χ1) is 7.56. The molecule has 0 bridgehead atoms. The summed E-state index contributed by atoms with van der Waals surface area (Å²) >= 11 is 0. The fourth-order valence-corrected chi connectivity index (χ4v) is 2.78. The predicted molar refractivity (Wildman–Crippen MR) is 65.2 cm³/mol. The van der Waals surface area contributed by atoms with Crippen molar-refractivity contribution >= 4 is 5.91 Å². The van der Waals surface area contributed by atoms with Crippen molar-refractivity contribution in [2.75, 3.05) is 7.05 Å². The Labute approximate surface area is 97.9 Å². The third kappa shape index (κ3) is 1.88. The lowest BCUT2D eigenvalue weighted by Gasteiger charge is -2.44. The molecule has 16 heavy (non-hydrogen) atoms. The van der Waals surface area contributed by atoms with E-state index in [1.807, 2.05) is 7.05 Å². The SMILES string of the molecule is CNC1CCCC(C)(C)N(C2C=CC2)C1=O. The third-order valence-electron chi connectivity index (χ3n) is 3.88. The van der Waals surface area contributed by atoms with Gasteiger partial charge in [0.05, 0.1) is 12.1 Å². The molecule has 2 unspecified atom stereocenters. The first-order valence-electron chi connectivity index (χ1n) is 6.23. The van der Waals surface area contributed by atoms with Crippen LogP contribution in [0.3, 0.4) is 0 Å². The van der Waals surface area contributed by atoms with E-state index in [1.54, 1.807) is 0 Å². The summed E-state index contributed by atoms with van der Waals surface area (Å²) in [6.07, 6.45) is 8.50. The van der Waals surface area contributed by atoms with Gasteiger partial charge >= 0.3 is 0 Å². The number of likely N-dealkylation sites (N-methyl/N-ethyl adjacent to an activating group) is 1. The Morgan fingerprint density at radius 1 is 1.50 bits per heavy atom. The van der Waals surface area contributed by atoms with Gasteiger partial charge < -0.3 is 10.2 Å². The molecular formula is C13H22N2O. The molecule has 1 heterocycles. The summed E-state index contributed by atoms with van der Waals surface area (Å²) in [5.74, 6) is 0.277. The maximum absolute atomic E-state index is 12.5. The van der Waals surface area contributed by atoms with Gasteiger partial charge in [0.25, 0.3) is 0 Å². The second kappa shape index (κ2) is 4.21. The minimum atomic E-state index is -0.00188. The normalized spacial score (nSPS) is 33.4. The fourth-order valence-electron chi connectivity index (χ4n) is 2.78. The van der Waals surface area contributed by atoms with E-state index < -0.39 is 0 Å². The Morgan fingerprint density at radius 3 is 2.69 bits per heavy atom. The van der Waals surface area contributed by atoms with Crippen molar-refractivity contribution in [2.24, 2.45) is 0 Å². The molecule has 2 rings (SSSR count). The number of carbonyl (C=O) groups excluding carboxylic acids is 1. The highest BCUT2D eigenvalue weighted by Gasteiger charge is 2.41. The minimum Gasteiger partial charge on any atom is -0.329 e. The molecule has 1 saturated heterocycles. The van der Waals surface area contributed by atoms with Gasteiger partial charge in [-0.15, -0.1) is 0 Å². The van der Waals surface area contributed by atoms with E-state index in [4.69, 9.17) is 0 Å². The van der Waals surface area contributed by atoms with Gasteiger partial charge in [-0.25, -0.2) is 0 Å². The average molecular weight is 222 g/mol. The average Bonchev–Trinajstić information content (AvgIpc) is 2.25. The lowest BCUT2D eigenvalue weighted by molar-refractivity contribution is -0.140. The lowest BCUT2D eigenvalue weighted by Crippen LogP contribution is -2.57. The maximum atomic E-state index is 12.5. The standard InChI is InChI=1S/C13H22N2O/c1-13(2)9-5-8-11(14-3)12(16)15(13)10-6-4-7-10/h4,6,10-11,14H,5,7-9H2,1-3H3. The molecular weight excluding hydrogens is 200 g/mol. The lowest BCUT2D eigenvalue weighted by atomic mass is 9.91. The smallest absolute Gasteiger partial charge is 0.240 e. The highest BCUT2D eigenvalue weighted by Crippen LogP contribution is 2.32. The summed E-state index contributed by atoms with van der Waals surface area (Å²) < 4.78 is 0. The van der Waals surface area contributed by atoms with Crippen molar-refractivity contribution in [1.29, 1.82) is 0 Å². The second-order valence-electron chi connectivity index (χ2n) is 5.49. The van der Waals surface area contributed by atoms with Crippen molar-refractivity contribution in [1.82, 2.24) is 10.2 Å². The zero-order valence-corrected chi connectivity index (χ0v) is 10.5. The summed E-state index contributed by atoms with van der Waals surface area (Å²) in [5, 5.41) is 3.15. The molecule has 3 nitrogen and oxygen atoms in total. The van der Waals surface area contributed by atoms with E-state index in [1.165, 1.54) is 0 Å². The van der Waals surface area contributed by atoms with Crippen LogP contribution in [-0.2, 0) is 4.79 Å². The number of likely N-dealkylation sites (tertiary alicyclic amines) is 1. The Bertz CT molecular complexity index is 309. The number of hydrogen-bond acceptors (Lipinski definition) is 2. The number of rotatable bonds is 2. The van der Waals surface area contributed by atoms with Crippen LogP contribution in [0.15, 0.2) is 12.2 Å². The number of nitrogens with zero attached hydrogens (tertiary/aromatic N) is 1. The van der Waals surface area contributed by atoms with Crippen LogP contribution in [-0.4, -0.2) is 35.5 Å². The summed E-state index contributed by atoms with van der Waals surface area (Å²) in [4.78, 5) is 14.6. The number of nitrogens with one attached hydrogen (secondary N) is 1. The zero-order valence-electron chi connectivity index (χ0n) is 10.5. The molecule has 0 saturated carbocycles. The van der Waals surface area contributed by atoms with Crippen molar-refractivity contribution in [2.45, 2.75) is 57.2 Å². The first kappa shape index (κ1) is 11.6. The molecule has 3 heteroatoms. The maximum Gasteiger partial charge on any atom is 0.240 e. The summed E-state index contributed by atoms with van der Waals surface area (Å²) in [6, 6.07) is 0.340. The Balaban J connectivity index is 2.24. The molecule has 1 aliphatic heterocycles. The van der Waals surface area contributed by atoms with Crippen LogP contribution < -0.4 is 5.32 Å². The monoisotopic (exact) mass is 222 g/mol. The zero-order chi connectivity index (χ0) is 11.8. The van der Waals surface area contributed by atoms with Crippen LogP contribution in [0.4, 0.5) is 0 Å². The molecule has 0 radical (unpaired) electrons. The summed E-state index contributed by atoms with van der Waals surface area (Å²) in [7, 11) is 1.88. The summed E-state index contributed by atoms with van der Waals surface area (Å²) in [6.45, 7) is 4.38. The number of amides is 1. The molecule has 0 aromatic heterocycles. The van der Waals surface area contributed by atoms with Crippen LogP contribution in [0.2, 0.25) is 0 Å². The molecule has 0 aromatic rings. The van der Waals surface area contributed by atoms with Crippen molar-refractivity contribution in [3.8, 4) is 0 Å². The fraction of sp³-hybridized carbons (Fsp3) is 0.769. The van der Waals surface area contributed by atoms with Gasteiger partial charge in [-0.1, -0.05) is 12.2 Å². The molecule has 1 N–H and O–H groups in total. The molecule has 1 amide bonds. The van der Waals surface area contributed by atoms with E-state index >= 15 is 0 Å². The van der Waals surface area contributed by atoms with E-state index in [9.17, 15) is 4.79 Å². The quantitative estimate of drug-likeness (QED) is 0.721. The van der Waals surface area contributed by atoms with Gasteiger partial charge in [0.1, 0.15) is 0 Å². The van der Waals surface area contributed by atoms with E-state index in [0.717, 1.165) is 25.7 Å². The van der Waals surface area contributed by atoms with Crippen LogP contribution in [0.1, 0.15) is 39.5 Å². The van der Waals surface area contributed by atoms with Crippen LogP contribution in [0.25, 0.3) is 0 Å². The van der Waals surface area contributed by atoms with Crippen molar-refractivity contribution in [3.05, 3.63) is 12.2 Å². The molecule has 1 fully saturated rings. The van der Waals surface area contributed by atoms with Crippen molar-refractivity contribution in [3.63, 3.8) is 0 Å². The molecule has 2 aliphatic rings. The highest BCUT2D eigenvalue weighted by atomic mass is 16.2. The number of hydrogen-bond donors (Lipinski definition) is 1. The van der Waals surface area contributed by atoms with Crippen LogP contribution in [0, 0.1) is 0 Å². The molecule has 1 aliphatic carbocycles. The number of carbonyl (C=O) groups is 1. The predicted octanol–water partition coefficient (Wildman–Crippen LogP) is 1.69. The first-order valence-corrected chi connectivity index (χ1v) is 6.23. The van der Waals surface area contributed by atoms with Gasteiger partial charge in [0.15, 0.2) is 0 Å². The largest absolute Gasteiger partial charge is 0.329 e. The molecule has 90 valence electrons. The van der Waals surface area contributed by atoms with Crippen LogP contribution in [0.5, 0.6) is 0 Å². The third-order valence-corrected chi connectivity index (χ3v) is 3.88. The van der Waals surface area contributed by atoms with E-state index in [2.05, 4.69) is 36.2 Å². The van der Waals surface area contributed by atoms with E-state index in [0.29, 0.717) is 6.04 Å². The van der Waals surface area contributed by atoms with Gasteiger partial charge in [0, 0.05) is 5.54 Å². The Kier molecular flexibility index (Phi) is 3.06. The van der Waals surface area contributed by atoms with Gasteiger partial charge in [-0.05, 0) is 46.6 Å². The molecule has 2 atom stereocenters. The van der Waals surface area contributed by atoms with Crippen LogP contribution >= 0.6 is 0 Å². The Hall–Kier alpha value is -0.830. The molecule has 0 spiro atoms. The van der Waals surface area contributed by atoms with E-state index in [-0.39, 0.29) is 17.5 Å². The Morgan fingerprint density at radius 2 is 2.19 bits per heavy atom. The second-order valence-corrected chi connectivity index (χ2v) is 5.49. The summed E-state index contributed by atoms with van der Waals surface area (Å²) in [5.41, 5.74) is -0.00188. The highest BCUT2D eigenvalue weighted by molar-refractivity contribution is 5.83. The van der Waals surface area contributed by atoms with Gasteiger partial charge in [-0.3, -0.25) is 4.79 Å². The topological polar surface area (TPSA) is 32.3 Å². The minimum absolute atomic E-state index is 0.00188. The van der Waals surface area contributed by atoms with Gasteiger partial charge in [0.2, 0.25) is 5.91 Å². The molecule has 0 aromatic carbocycles. The van der Waals surface area contributed by atoms with Gasteiger partial charge in [-0.2, -0.15) is 0 Å².